The van der Waals surface area contributed by atoms with Crippen molar-refractivity contribution in [2.24, 2.45) is 0 Å². The normalized spacial score (nSPS) is 10.6. The first-order valence-electron chi connectivity index (χ1n) is 9.36. The number of hydrogen-bond donors (Lipinski definition) is 3. The molecule has 8 nitrogen and oxygen atoms in total. The van der Waals surface area contributed by atoms with Crippen molar-refractivity contribution in [2.75, 3.05) is 16.0 Å². The number of carbonyl (C=O) groups excluding carboxylic acids is 2. The van der Waals surface area contributed by atoms with Gasteiger partial charge in [0.05, 0.1) is 17.0 Å². The lowest BCUT2D eigenvalue weighted by Crippen LogP contribution is -2.19. The molecular formula is C22H20N6O2. The van der Waals surface area contributed by atoms with Gasteiger partial charge in [-0.1, -0.05) is 24.3 Å². The first-order valence-corrected chi connectivity index (χ1v) is 9.36. The van der Waals surface area contributed by atoms with Crippen molar-refractivity contribution in [1.82, 2.24) is 14.6 Å². The predicted octanol–water partition coefficient (Wildman–Crippen LogP) is 4.24. The first kappa shape index (κ1) is 19.1. The predicted molar refractivity (Wildman–Crippen MR) is 116 cm³/mol. The lowest BCUT2D eigenvalue weighted by molar-refractivity contribution is 0.102. The number of para-hydroxylation sites is 1. The number of aryl methyl sites for hydroxylation is 2. The molecule has 0 radical (unpaired) electrons. The number of anilines is 3. The van der Waals surface area contributed by atoms with Crippen LogP contribution in [0.1, 0.15) is 21.7 Å². The highest BCUT2D eigenvalue weighted by atomic mass is 16.2. The molecule has 0 saturated heterocycles. The molecule has 0 aliphatic rings. The van der Waals surface area contributed by atoms with Crippen LogP contribution in [0.2, 0.25) is 0 Å². The second kappa shape index (κ2) is 8.04. The zero-order valence-electron chi connectivity index (χ0n) is 16.5. The molecule has 2 aromatic carbocycles. The van der Waals surface area contributed by atoms with Crippen LogP contribution in [-0.4, -0.2) is 26.5 Å². The number of nitrogens with one attached hydrogen (secondary N) is 3. The average Bonchev–Trinajstić information content (AvgIpc) is 3.10. The van der Waals surface area contributed by atoms with Gasteiger partial charge < -0.3 is 16.0 Å². The van der Waals surface area contributed by atoms with Gasteiger partial charge in [-0.25, -0.2) is 14.3 Å². The van der Waals surface area contributed by atoms with Crippen LogP contribution in [0.25, 0.3) is 5.65 Å². The number of rotatable bonds is 4. The van der Waals surface area contributed by atoms with Crippen molar-refractivity contribution in [3.8, 4) is 0 Å². The highest BCUT2D eigenvalue weighted by Gasteiger charge is 2.14. The number of carbonyl (C=O) groups is 2. The SMILES string of the molecule is Cc1cc2ncc(C(=O)Nc3cccc(NC(=O)Nc4ccccc4)c3)c(C)n2n1. The van der Waals surface area contributed by atoms with E-state index in [1.54, 1.807) is 40.9 Å². The van der Waals surface area contributed by atoms with Gasteiger partial charge in [0.25, 0.3) is 5.91 Å². The molecule has 0 aliphatic heterocycles. The molecule has 0 spiro atoms. The second-order valence-electron chi connectivity index (χ2n) is 6.79. The van der Waals surface area contributed by atoms with Crippen LogP contribution in [-0.2, 0) is 0 Å². The number of aromatic nitrogens is 3. The summed E-state index contributed by atoms with van der Waals surface area (Å²) in [6, 6.07) is 17.5. The minimum Gasteiger partial charge on any atom is -0.322 e. The van der Waals surface area contributed by atoms with Crippen molar-refractivity contribution in [1.29, 1.82) is 0 Å². The molecule has 4 aromatic rings. The largest absolute Gasteiger partial charge is 0.323 e. The Morgan fingerprint density at radius 2 is 1.50 bits per heavy atom. The Kier molecular flexibility index (Phi) is 5.13. The summed E-state index contributed by atoms with van der Waals surface area (Å²) in [5.74, 6) is -0.305. The summed E-state index contributed by atoms with van der Waals surface area (Å²) in [6.45, 7) is 3.70. The molecule has 0 fully saturated rings. The van der Waals surface area contributed by atoms with Gasteiger partial charge in [0.2, 0.25) is 0 Å². The summed E-state index contributed by atoms with van der Waals surface area (Å²) < 4.78 is 1.65. The Labute approximate surface area is 173 Å². The molecule has 30 heavy (non-hydrogen) atoms. The van der Waals surface area contributed by atoms with Crippen LogP contribution >= 0.6 is 0 Å². The van der Waals surface area contributed by atoms with Crippen LogP contribution in [0, 0.1) is 13.8 Å². The molecule has 4 rings (SSSR count). The van der Waals surface area contributed by atoms with Gasteiger partial charge in [0.1, 0.15) is 0 Å². The number of urea groups is 1. The molecule has 0 saturated carbocycles. The van der Waals surface area contributed by atoms with Crippen LogP contribution < -0.4 is 16.0 Å². The van der Waals surface area contributed by atoms with E-state index < -0.39 is 0 Å². The van der Waals surface area contributed by atoms with E-state index >= 15 is 0 Å². The third kappa shape index (κ3) is 4.12. The lowest BCUT2D eigenvalue weighted by atomic mass is 10.2. The molecule has 150 valence electrons. The molecular weight excluding hydrogens is 380 g/mol. The van der Waals surface area contributed by atoms with Crippen LogP contribution in [0.3, 0.4) is 0 Å². The number of amides is 3. The molecule has 0 atom stereocenters. The fraction of sp³-hybridized carbons (Fsp3) is 0.0909. The van der Waals surface area contributed by atoms with E-state index in [0.717, 1.165) is 5.69 Å². The summed E-state index contributed by atoms with van der Waals surface area (Å²) >= 11 is 0. The van der Waals surface area contributed by atoms with Gasteiger partial charge in [-0.3, -0.25) is 4.79 Å². The van der Waals surface area contributed by atoms with E-state index in [0.29, 0.717) is 34.0 Å². The first-order chi connectivity index (χ1) is 14.5. The highest BCUT2D eigenvalue weighted by Crippen LogP contribution is 2.18. The molecule has 0 unspecified atom stereocenters. The fourth-order valence-corrected chi connectivity index (χ4v) is 3.07. The maximum Gasteiger partial charge on any atom is 0.323 e. The van der Waals surface area contributed by atoms with Crippen molar-refractivity contribution >= 4 is 34.6 Å². The Balaban J connectivity index is 1.47. The van der Waals surface area contributed by atoms with Gasteiger partial charge in [-0.15, -0.1) is 0 Å². The maximum atomic E-state index is 12.8. The van der Waals surface area contributed by atoms with E-state index in [4.69, 9.17) is 0 Å². The molecule has 0 aliphatic carbocycles. The summed E-state index contributed by atoms with van der Waals surface area (Å²) in [6.07, 6.45) is 1.54. The van der Waals surface area contributed by atoms with Gasteiger partial charge in [-0.05, 0) is 44.2 Å². The van der Waals surface area contributed by atoms with Gasteiger partial charge in [0.15, 0.2) is 5.65 Å². The van der Waals surface area contributed by atoms with Crippen LogP contribution in [0.15, 0.2) is 66.9 Å². The molecule has 2 aromatic heterocycles. The van der Waals surface area contributed by atoms with Gasteiger partial charge in [0, 0.05) is 29.3 Å². The summed E-state index contributed by atoms with van der Waals surface area (Å²) in [5.41, 5.74) is 4.43. The van der Waals surface area contributed by atoms with Gasteiger partial charge in [-0.2, -0.15) is 5.10 Å². The Bertz CT molecular complexity index is 1230. The van der Waals surface area contributed by atoms with Crippen LogP contribution in [0.4, 0.5) is 21.9 Å². The van der Waals surface area contributed by atoms with E-state index in [9.17, 15) is 9.59 Å². The Hall–Kier alpha value is -4.20. The summed E-state index contributed by atoms with van der Waals surface area (Å²) in [5, 5.41) is 12.7. The van der Waals surface area contributed by atoms with Gasteiger partial charge >= 0.3 is 6.03 Å². The summed E-state index contributed by atoms with van der Waals surface area (Å²) in [4.78, 5) is 29.2. The molecule has 2 heterocycles. The van der Waals surface area contributed by atoms with Crippen molar-refractivity contribution in [3.63, 3.8) is 0 Å². The third-order valence-corrected chi connectivity index (χ3v) is 4.50. The molecule has 3 N–H and O–H groups in total. The molecule has 3 amide bonds. The van der Waals surface area contributed by atoms with Crippen molar-refractivity contribution in [2.45, 2.75) is 13.8 Å². The van der Waals surface area contributed by atoms with Crippen LogP contribution in [0.5, 0.6) is 0 Å². The number of fused-ring (bicyclic) bond motifs is 1. The van der Waals surface area contributed by atoms with E-state index in [1.165, 1.54) is 6.20 Å². The summed E-state index contributed by atoms with van der Waals surface area (Å²) in [7, 11) is 0. The number of benzene rings is 2. The van der Waals surface area contributed by atoms with Crippen molar-refractivity contribution in [3.05, 3.63) is 83.8 Å². The average molecular weight is 400 g/mol. The Morgan fingerprint density at radius 1 is 0.833 bits per heavy atom. The maximum absolute atomic E-state index is 12.8. The smallest absolute Gasteiger partial charge is 0.322 e. The minimum absolute atomic E-state index is 0.305. The topological polar surface area (TPSA) is 100 Å². The fourth-order valence-electron chi connectivity index (χ4n) is 3.07. The van der Waals surface area contributed by atoms with E-state index in [1.807, 2.05) is 38.1 Å². The zero-order chi connectivity index (χ0) is 21.1. The lowest BCUT2D eigenvalue weighted by Gasteiger charge is -2.11. The quantitative estimate of drug-likeness (QED) is 0.477. The number of nitrogens with zero attached hydrogens (tertiary/aromatic N) is 3. The minimum atomic E-state index is -0.371. The van der Waals surface area contributed by atoms with E-state index in [2.05, 4.69) is 26.0 Å². The zero-order valence-corrected chi connectivity index (χ0v) is 16.5. The van der Waals surface area contributed by atoms with Crippen molar-refractivity contribution < 1.29 is 9.59 Å². The third-order valence-electron chi connectivity index (χ3n) is 4.50. The second-order valence-corrected chi connectivity index (χ2v) is 6.79. The number of hydrogen-bond acceptors (Lipinski definition) is 4. The van der Waals surface area contributed by atoms with E-state index in [-0.39, 0.29) is 11.9 Å². The Morgan fingerprint density at radius 3 is 2.27 bits per heavy atom. The molecule has 8 heteroatoms. The molecule has 0 bridgehead atoms. The standard InChI is InChI=1S/C22H20N6O2/c1-14-11-20-23-13-19(15(2)28(20)27-14)21(29)24-17-9-6-10-18(12-17)26-22(30)25-16-7-4-3-5-8-16/h3-13H,1-2H3,(H,24,29)(H2,25,26,30). The highest BCUT2D eigenvalue weighted by molar-refractivity contribution is 6.05. The monoisotopic (exact) mass is 400 g/mol.